The molecule has 1 heteroatoms. The van der Waals surface area contributed by atoms with Crippen LogP contribution in [0.4, 0.5) is 0 Å². The van der Waals surface area contributed by atoms with Gasteiger partial charge in [0.05, 0.1) is 0 Å². The molecule has 0 unspecified atom stereocenters. The topological polar surface area (TPSA) is 12.4 Å². The van der Waals surface area contributed by atoms with Gasteiger partial charge >= 0.3 is 0 Å². The summed E-state index contributed by atoms with van der Waals surface area (Å²) in [6, 6.07) is 0. The van der Waals surface area contributed by atoms with E-state index in [1.807, 2.05) is 13.1 Å². The summed E-state index contributed by atoms with van der Waals surface area (Å²) in [5.74, 6) is 0. The highest BCUT2D eigenvalue weighted by Crippen LogP contribution is 2.01. The lowest BCUT2D eigenvalue weighted by Gasteiger charge is -1.92. The minimum absolute atomic E-state index is 1.04. The zero-order valence-corrected chi connectivity index (χ0v) is 6.52. The average Bonchev–Trinajstić information content (AvgIpc) is 1.88. The van der Waals surface area contributed by atoms with Crippen LogP contribution in [-0.2, 0) is 0 Å². The third-order valence-electron chi connectivity index (χ3n) is 1.10. The molecule has 0 rings (SSSR count). The molecule has 1 nitrogen and oxygen atoms in total. The first-order valence-corrected chi connectivity index (χ1v) is 3.52. The largest absolute Gasteiger partial charge is 0.266 e. The molecule has 0 heterocycles. The first-order chi connectivity index (χ1) is 4.35. The predicted molar refractivity (Wildman–Crippen MR) is 42.8 cm³/mol. The van der Waals surface area contributed by atoms with Gasteiger partial charge in [-0.1, -0.05) is 19.9 Å². The fourth-order valence-corrected chi connectivity index (χ4v) is 0.690. The smallest absolute Gasteiger partial charge is 0.0356 e. The van der Waals surface area contributed by atoms with Crippen LogP contribution >= 0.6 is 0 Å². The van der Waals surface area contributed by atoms with Crippen molar-refractivity contribution in [2.75, 3.05) is 0 Å². The van der Waals surface area contributed by atoms with E-state index in [1.165, 1.54) is 5.70 Å². The van der Waals surface area contributed by atoms with Gasteiger partial charge in [-0.3, -0.25) is 4.99 Å². The van der Waals surface area contributed by atoms with Crippen LogP contribution in [0.15, 0.2) is 16.8 Å². The average molecular weight is 125 g/mol. The Balaban J connectivity index is 3.81. The van der Waals surface area contributed by atoms with Crippen molar-refractivity contribution in [1.82, 2.24) is 0 Å². The maximum atomic E-state index is 4.17. The number of aliphatic imine (C=N–C) groups is 1. The molecule has 0 aromatic carbocycles. The summed E-state index contributed by atoms with van der Waals surface area (Å²) in [7, 11) is 0. The van der Waals surface area contributed by atoms with E-state index in [0.717, 1.165) is 12.8 Å². The van der Waals surface area contributed by atoms with Crippen LogP contribution in [0.25, 0.3) is 0 Å². The zero-order chi connectivity index (χ0) is 7.11. The van der Waals surface area contributed by atoms with Crippen LogP contribution in [0.5, 0.6) is 0 Å². The van der Waals surface area contributed by atoms with Crippen LogP contribution in [0.2, 0.25) is 0 Å². The Morgan fingerprint density at radius 3 is 2.44 bits per heavy atom. The highest BCUT2D eigenvalue weighted by atomic mass is 14.7. The van der Waals surface area contributed by atoms with Gasteiger partial charge in [-0.2, -0.15) is 0 Å². The quantitative estimate of drug-likeness (QED) is 0.514. The van der Waals surface area contributed by atoms with Crippen molar-refractivity contribution in [3.63, 3.8) is 0 Å². The molecule has 0 saturated heterocycles. The zero-order valence-electron chi connectivity index (χ0n) is 6.52. The van der Waals surface area contributed by atoms with Gasteiger partial charge < -0.3 is 0 Å². The van der Waals surface area contributed by atoms with Crippen molar-refractivity contribution in [2.45, 2.75) is 33.6 Å². The molecule has 0 aliphatic rings. The van der Waals surface area contributed by atoms with Gasteiger partial charge in [0.2, 0.25) is 0 Å². The molecular formula is C8H15N. The lowest BCUT2D eigenvalue weighted by atomic mass is 10.3. The maximum absolute atomic E-state index is 4.17. The van der Waals surface area contributed by atoms with Gasteiger partial charge in [0.1, 0.15) is 0 Å². The third kappa shape index (κ3) is 3.95. The van der Waals surface area contributed by atoms with E-state index >= 15 is 0 Å². The Bertz CT molecular complexity index is 112. The van der Waals surface area contributed by atoms with Gasteiger partial charge in [-0.25, -0.2) is 0 Å². The van der Waals surface area contributed by atoms with E-state index < -0.39 is 0 Å². The van der Waals surface area contributed by atoms with Crippen molar-refractivity contribution in [1.29, 1.82) is 0 Å². The van der Waals surface area contributed by atoms with E-state index in [9.17, 15) is 0 Å². The molecule has 52 valence electrons. The van der Waals surface area contributed by atoms with Crippen molar-refractivity contribution >= 4 is 6.21 Å². The van der Waals surface area contributed by atoms with Crippen LogP contribution in [0.3, 0.4) is 0 Å². The fraction of sp³-hybridized carbons (Fsp3) is 0.625. The summed E-state index contributed by atoms with van der Waals surface area (Å²) in [5.41, 5.74) is 1.19. The summed E-state index contributed by atoms with van der Waals surface area (Å²) in [4.78, 5) is 4.17. The minimum atomic E-state index is 1.04. The van der Waals surface area contributed by atoms with E-state index in [-0.39, 0.29) is 0 Å². The molecule has 0 aliphatic heterocycles. The molecule has 0 aromatic heterocycles. The lowest BCUT2D eigenvalue weighted by Crippen LogP contribution is -1.74. The second-order valence-electron chi connectivity index (χ2n) is 1.84. The molecule has 0 atom stereocenters. The van der Waals surface area contributed by atoms with Gasteiger partial charge in [-0.15, -0.1) is 0 Å². The first-order valence-electron chi connectivity index (χ1n) is 3.52. The molecule has 0 aromatic rings. The monoisotopic (exact) mass is 125 g/mol. The number of nitrogens with zero attached hydrogens (tertiary/aromatic N) is 1. The van der Waals surface area contributed by atoms with Gasteiger partial charge in [0.25, 0.3) is 0 Å². The molecule has 0 radical (unpaired) electrons. The highest BCUT2D eigenvalue weighted by Gasteiger charge is 1.83. The second-order valence-corrected chi connectivity index (χ2v) is 1.84. The Morgan fingerprint density at radius 1 is 1.44 bits per heavy atom. The Hall–Kier alpha value is -0.590. The summed E-state index contributed by atoms with van der Waals surface area (Å²) in [5, 5.41) is 0. The second kappa shape index (κ2) is 5.54. The Kier molecular flexibility index (Phi) is 5.18. The van der Waals surface area contributed by atoms with Crippen molar-refractivity contribution in [3.8, 4) is 0 Å². The maximum Gasteiger partial charge on any atom is 0.0356 e. The third-order valence-corrected chi connectivity index (χ3v) is 1.10. The Labute approximate surface area is 57.5 Å². The number of allylic oxidation sites excluding steroid dienone is 2. The van der Waals surface area contributed by atoms with Crippen molar-refractivity contribution < 1.29 is 0 Å². The van der Waals surface area contributed by atoms with Gasteiger partial charge in [-0.05, 0) is 19.8 Å². The normalized spacial score (nSPS) is 13.0. The van der Waals surface area contributed by atoms with Crippen LogP contribution in [-0.4, -0.2) is 6.21 Å². The first kappa shape index (κ1) is 8.41. The molecule has 0 saturated carbocycles. The molecule has 9 heavy (non-hydrogen) atoms. The molecule has 0 amide bonds. The van der Waals surface area contributed by atoms with E-state index in [0.29, 0.717) is 0 Å². The van der Waals surface area contributed by atoms with Crippen molar-refractivity contribution in [2.24, 2.45) is 4.99 Å². The van der Waals surface area contributed by atoms with Crippen molar-refractivity contribution in [3.05, 3.63) is 11.8 Å². The van der Waals surface area contributed by atoms with Crippen LogP contribution in [0.1, 0.15) is 33.6 Å². The summed E-state index contributed by atoms with van der Waals surface area (Å²) < 4.78 is 0. The molecule has 0 spiro atoms. The summed E-state index contributed by atoms with van der Waals surface area (Å²) in [6.45, 7) is 6.19. The fourth-order valence-electron chi connectivity index (χ4n) is 0.690. The van der Waals surface area contributed by atoms with Crippen LogP contribution < -0.4 is 0 Å². The molecule has 0 bridgehead atoms. The number of hydrogen-bond acceptors (Lipinski definition) is 1. The minimum Gasteiger partial charge on any atom is -0.266 e. The molecular weight excluding hydrogens is 110 g/mol. The molecule has 0 fully saturated rings. The van der Waals surface area contributed by atoms with E-state index in [2.05, 4.69) is 24.9 Å². The van der Waals surface area contributed by atoms with E-state index in [1.54, 1.807) is 0 Å². The lowest BCUT2D eigenvalue weighted by molar-refractivity contribution is 1.03. The Morgan fingerprint density at radius 2 is 2.11 bits per heavy atom. The number of hydrogen-bond donors (Lipinski definition) is 0. The highest BCUT2D eigenvalue weighted by molar-refractivity contribution is 5.55. The van der Waals surface area contributed by atoms with E-state index in [4.69, 9.17) is 0 Å². The van der Waals surface area contributed by atoms with Crippen LogP contribution in [0, 0.1) is 0 Å². The molecule has 0 N–H and O–H groups in total. The van der Waals surface area contributed by atoms with Gasteiger partial charge in [0.15, 0.2) is 0 Å². The predicted octanol–water partition coefficient (Wildman–Crippen LogP) is 2.78. The standard InChI is InChI=1S/C8H15N/c1-4-7-8(5-2)9-6-3/h6-7H,4-5H2,1-3H3. The van der Waals surface area contributed by atoms with Gasteiger partial charge in [0, 0.05) is 11.9 Å². The SMILES string of the molecule is CC=NC(=CCC)CC. The molecule has 0 aliphatic carbocycles. The summed E-state index contributed by atoms with van der Waals surface area (Å²) in [6.07, 6.45) is 6.11. The summed E-state index contributed by atoms with van der Waals surface area (Å²) >= 11 is 0. The number of rotatable bonds is 3.